The number of rotatable bonds is 6. The normalized spacial score (nSPS) is 20.3. The summed E-state index contributed by atoms with van der Waals surface area (Å²) in [6.07, 6.45) is 0.181. The minimum absolute atomic E-state index is 0.100. The molecule has 1 aromatic carbocycles. The fourth-order valence-electron chi connectivity index (χ4n) is 3.73. The van der Waals surface area contributed by atoms with Gasteiger partial charge in [-0.2, -0.15) is 5.10 Å². The highest BCUT2D eigenvalue weighted by Gasteiger charge is 2.34. The number of hydrogen-bond acceptors (Lipinski definition) is 6. The molecule has 156 valence electrons. The van der Waals surface area contributed by atoms with Crippen molar-refractivity contribution in [2.75, 3.05) is 18.4 Å². The summed E-state index contributed by atoms with van der Waals surface area (Å²) in [6, 6.07) is 9.23. The third-order valence-electron chi connectivity index (χ3n) is 5.13. The molecule has 1 N–H and O–H groups in total. The molecule has 0 aliphatic carbocycles. The molecule has 0 spiro atoms. The molecule has 1 aliphatic heterocycles. The molecule has 2 aromatic rings. The van der Waals surface area contributed by atoms with Crippen molar-refractivity contribution in [3.05, 3.63) is 51.7 Å². The topological polar surface area (TPSA) is 103 Å². The average molecular weight is 401 g/mol. The van der Waals surface area contributed by atoms with Crippen molar-refractivity contribution in [3.63, 3.8) is 0 Å². The van der Waals surface area contributed by atoms with E-state index in [1.54, 1.807) is 18.9 Å². The number of hydrogen-bond donors (Lipinski definition) is 1. The van der Waals surface area contributed by atoms with Crippen LogP contribution in [0.3, 0.4) is 0 Å². The van der Waals surface area contributed by atoms with E-state index in [9.17, 15) is 14.9 Å². The molecule has 3 atom stereocenters. The van der Waals surface area contributed by atoms with Crippen LogP contribution >= 0.6 is 0 Å². The van der Waals surface area contributed by atoms with Crippen molar-refractivity contribution in [1.29, 1.82) is 0 Å². The largest absolute Gasteiger partial charge is 0.367 e. The van der Waals surface area contributed by atoms with Gasteiger partial charge in [0.1, 0.15) is 17.8 Å². The molecule has 29 heavy (non-hydrogen) atoms. The standard InChI is InChI=1S/C20H27N5O4/c1-5-16(21-19-18(25(27)28)14(3)22-23(19)4)20(26)24-11-13(2)29-17(12-24)15-9-7-6-8-10-15/h6-10,13,16-17,21H,5,11-12H2,1-4H3/t13-,16+,17-/m1/s1. The lowest BCUT2D eigenvalue weighted by molar-refractivity contribution is -0.384. The molecule has 1 fully saturated rings. The third kappa shape index (κ3) is 4.40. The van der Waals surface area contributed by atoms with Crippen molar-refractivity contribution in [3.8, 4) is 0 Å². The van der Waals surface area contributed by atoms with E-state index >= 15 is 0 Å². The number of carbonyl (C=O) groups excluding carboxylic acids is 1. The molecule has 3 rings (SSSR count). The molecular weight excluding hydrogens is 374 g/mol. The van der Waals surface area contributed by atoms with E-state index < -0.39 is 11.0 Å². The van der Waals surface area contributed by atoms with Crippen LogP contribution in [0.5, 0.6) is 0 Å². The number of ether oxygens (including phenoxy) is 1. The van der Waals surface area contributed by atoms with Crippen LogP contribution in [0, 0.1) is 17.0 Å². The predicted octanol–water partition coefficient (Wildman–Crippen LogP) is 2.82. The van der Waals surface area contributed by atoms with Gasteiger partial charge in [-0.15, -0.1) is 0 Å². The van der Waals surface area contributed by atoms with Gasteiger partial charge in [-0.05, 0) is 25.8 Å². The first-order valence-corrected chi connectivity index (χ1v) is 9.75. The molecule has 1 aliphatic rings. The summed E-state index contributed by atoms with van der Waals surface area (Å²) in [5.74, 6) is 0.144. The Morgan fingerprint density at radius 2 is 2.07 bits per heavy atom. The summed E-state index contributed by atoms with van der Waals surface area (Å²) in [5, 5.41) is 18.6. The van der Waals surface area contributed by atoms with Crippen molar-refractivity contribution in [1.82, 2.24) is 14.7 Å². The van der Waals surface area contributed by atoms with E-state index in [0.29, 0.717) is 25.2 Å². The SMILES string of the molecule is CC[C@H](Nc1c([N+](=O)[O-])c(C)nn1C)C(=O)N1C[C@@H](C)O[C@@H](c2ccccc2)C1. The molecule has 0 radical (unpaired) electrons. The number of amides is 1. The molecule has 1 amide bonds. The first-order valence-electron chi connectivity index (χ1n) is 9.75. The molecule has 9 nitrogen and oxygen atoms in total. The first-order chi connectivity index (χ1) is 13.8. The number of nitrogens with zero attached hydrogens (tertiary/aromatic N) is 4. The molecule has 0 unspecified atom stereocenters. The van der Waals surface area contributed by atoms with Gasteiger partial charge in [0.05, 0.1) is 17.6 Å². The Morgan fingerprint density at radius 1 is 1.38 bits per heavy atom. The zero-order chi connectivity index (χ0) is 21.1. The fourth-order valence-corrected chi connectivity index (χ4v) is 3.73. The van der Waals surface area contributed by atoms with Crippen molar-refractivity contribution in [2.24, 2.45) is 7.05 Å². The van der Waals surface area contributed by atoms with Crippen LogP contribution < -0.4 is 5.32 Å². The number of aryl methyl sites for hydroxylation is 2. The second-order valence-corrected chi connectivity index (χ2v) is 7.36. The number of nitro groups is 1. The lowest BCUT2D eigenvalue weighted by atomic mass is 10.1. The van der Waals surface area contributed by atoms with Gasteiger partial charge >= 0.3 is 5.69 Å². The van der Waals surface area contributed by atoms with Gasteiger partial charge in [0.2, 0.25) is 11.7 Å². The van der Waals surface area contributed by atoms with Crippen LogP contribution in [0.4, 0.5) is 11.5 Å². The quantitative estimate of drug-likeness (QED) is 0.590. The molecule has 9 heteroatoms. The summed E-state index contributed by atoms with van der Waals surface area (Å²) < 4.78 is 7.45. The Labute approximate surface area is 169 Å². The van der Waals surface area contributed by atoms with Crippen molar-refractivity contribution in [2.45, 2.75) is 45.4 Å². The van der Waals surface area contributed by atoms with Crippen LogP contribution in [0.25, 0.3) is 0 Å². The maximum atomic E-state index is 13.3. The second-order valence-electron chi connectivity index (χ2n) is 7.36. The smallest absolute Gasteiger partial charge is 0.333 e. The summed E-state index contributed by atoms with van der Waals surface area (Å²) >= 11 is 0. The third-order valence-corrected chi connectivity index (χ3v) is 5.13. The van der Waals surface area contributed by atoms with Gasteiger partial charge < -0.3 is 15.0 Å². The molecule has 0 saturated carbocycles. The van der Waals surface area contributed by atoms with Gasteiger partial charge in [0, 0.05) is 13.6 Å². The summed E-state index contributed by atoms with van der Waals surface area (Å²) in [6.45, 7) is 6.33. The highest BCUT2D eigenvalue weighted by molar-refractivity contribution is 5.85. The number of morpholine rings is 1. The van der Waals surface area contributed by atoms with E-state index in [2.05, 4.69) is 10.4 Å². The Morgan fingerprint density at radius 3 is 2.69 bits per heavy atom. The van der Waals surface area contributed by atoms with Crippen LogP contribution in [-0.2, 0) is 16.6 Å². The van der Waals surface area contributed by atoms with E-state index in [0.717, 1.165) is 5.56 Å². The second kappa shape index (κ2) is 8.60. The van der Waals surface area contributed by atoms with E-state index in [1.807, 2.05) is 44.2 Å². The van der Waals surface area contributed by atoms with Gasteiger partial charge in [-0.25, -0.2) is 4.68 Å². The Hall–Kier alpha value is -2.94. The fraction of sp³-hybridized carbons (Fsp3) is 0.500. The lowest BCUT2D eigenvalue weighted by Crippen LogP contribution is -2.51. The van der Waals surface area contributed by atoms with Gasteiger partial charge in [0.25, 0.3) is 0 Å². The van der Waals surface area contributed by atoms with E-state index in [4.69, 9.17) is 4.74 Å². The first kappa shape index (κ1) is 20.8. The van der Waals surface area contributed by atoms with Crippen LogP contribution in [0.15, 0.2) is 30.3 Å². The summed E-state index contributed by atoms with van der Waals surface area (Å²) in [4.78, 5) is 26.0. The van der Waals surface area contributed by atoms with Gasteiger partial charge in [-0.3, -0.25) is 14.9 Å². The van der Waals surface area contributed by atoms with Crippen LogP contribution in [-0.4, -0.2) is 50.7 Å². The number of aromatic nitrogens is 2. The number of anilines is 1. The number of nitrogens with one attached hydrogen (secondary N) is 1. The molecule has 0 bridgehead atoms. The Kier molecular flexibility index (Phi) is 6.17. The van der Waals surface area contributed by atoms with E-state index in [-0.39, 0.29) is 29.6 Å². The minimum Gasteiger partial charge on any atom is -0.367 e. The molecular formula is C20H27N5O4. The molecule has 2 heterocycles. The summed E-state index contributed by atoms with van der Waals surface area (Å²) in [5.41, 5.74) is 1.23. The summed E-state index contributed by atoms with van der Waals surface area (Å²) in [7, 11) is 1.63. The number of carbonyl (C=O) groups is 1. The Balaban J connectivity index is 1.80. The zero-order valence-electron chi connectivity index (χ0n) is 17.2. The van der Waals surface area contributed by atoms with Crippen molar-refractivity contribution >= 4 is 17.4 Å². The minimum atomic E-state index is -0.592. The zero-order valence-corrected chi connectivity index (χ0v) is 17.2. The monoisotopic (exact) mass is 401 g/mol. The highest BCUT2D eigenvalue weighted by atomic mass is 16.6. The average Bonchev–Trinajstić information content (AvgIpc) is 2.98. The lowest BCUT2D eigenvalue weighted by Gasteiger charge is -2.38. The van der Waals surface area contributed by atoms with Crippen molar-refractivity contribution < 1.29 is 14.5 Å². The van der Waals surface area contributed by atoms with Gasteiger partial charge in [0.15, 0.2) is 0 Å². The van der Waals surface area contributed by atoms with Crippen LogP contribution in [0.2, 0.25) is 0 Å². The molecule has 1 aromatic heterocycles. The maximum absolute atomic E-state index is 13.3. The van der Waals surface area contributed by atoms with E-state index in [1.165, 1.54) is 4.68 Å². The van der Waals surface area contributed by atoms with Crippen LogP contribution in [0.1, 0.15) is 37.6 Å². The number of benzene rings is 1. The maximum Gasteiger partial charge on any atom is 0.333 e. The Bertz CT molecular complexity index is 882. The molecule has 1 saturated heterocycles. The predicted molar refractivity (Wildman–Crippen MR) is 109 cm³/mol. The highest BCUT2D eigenvalue weighted by Crippen LogP contribution is 2.30. The van der Waals surface area contributed by atoms with Gasteiger partial charge in [-0.1, -0.05) is 37.3 Å².